The maximum atomic E-state index is 11.6. The molecule has 1 aromatic rings. The van der Waals surface area contributed by atoms with Crippen molar-refractivity contribution in [3.63, 3.8) is 0 Å². The number of carbonyl (C=O) groups excluding carboxylic acids is 2. The molecule has 0 radical (unpaired) electrons. The number of hydrogen-bond acceptors (Lipinski definition) is 4. The normalized spacial score (nSPS) is 10.7. The van der Waals surface area contributed by atoms with Gasteiger partial charge in [0.05, 0.1) is 7.11 Å². The van der Waals surface area contributed by atoms with Crippen molar-refractivity contribution >= 4 is 17.9 Å². The molecule has 0 unspecified atom stereocenters. The topological polar surface area (TPSA) is 76.7 Å². The molecule has 0 heterocycles. The minimum absolute atomic E-state index is 0.420. The summed E-state index contributed by atoms with van der Waals surface area (Å²) in [5.74, 6) is 0. The van der Waals surface area contributed by atoms with Crippen molar-refractivity contribution in [2.45, 2.75) is 39.2 Å². The van der Waals surface area contributed by atoms with Gasteiger partial charge in [0.25, 0.3) is 0 Å². The van der Waals surface area contributed by atoms with Crippen molar-refractivity contribution in [1.29, 1.82) is 0 Å². The zero-order valence-corrected chi connectivity index (χ0v) is 13.6. The van der Waals surface area contributed by atoms with Gasteiger partial charge in [-0.1, -0.05) is 12.1 Å². The van der Waals surface area contributed by atoms with Crippen LogP contribution < -0.4 is 10.6 Å². The highest BCUT2D eigenvalue weighted by Crippen LogP contribution is 2.13. The van der Waals surface area contributed by atoms with Gasteiger partial charge in [0.1, 0.15) is 5.60 Å². The van der Waals surface area contributed by atoms with E-state index in [4.69, 9.17) is 4.74 Å². The van der Waals surface area contributed by atoms with Crippen molar-refractivity contribution in [2.75, 3.05) is 19.0 Å². The van der Waals surface area contributed by atoms with E-state index < -0.39 is 17.8 Å². The number of nitrogens with one attached hydrogen (secondary N) is 2. The molecule has 0 aliphatic carbocycles. The molecule has 0 aliphatic rings. The Morgan fingerprint density at radius 1 is 1.09 bits per heavy atom. The molecule has 2 N–H and O–H groups in total. The van der Waals surface area contributed by atoms with E-state index in [0.29, 0.717) is 12.2 Å². The Morgan fingerprint density at radius 3 is 2.27 bits per heavy atom. The van der Waals surface area contributed by atoms with E-state index in [2.05, 4.69) is 15.4 Å². The highest BCUT2D eigenvalue weighted by atomic mass is 16.6. The van der Waals surface area contributed by atoms with Crippen LogP contribution in [0.2, 0.25) is 0 Å². The van der Waals surface area contributed by atoms with E-state index in [0.717, 1.165) is 18.4 Å². The molecule has 6 heteroatoms. The molecule has 0 aliphatic heterocycles. The third kappa shape index (κ3) is 7.52. The summed E-state index contributed by atoms with van der Waals surface area (Å²) in [6.07, 6.45) is 0.754. The second-order valence-electron chi connectivity index (χ2n) is 5.85. The third-order valence-corrected chi connectivity index (χ3v) is 2.70. The molecule has 0 aromatic heterocycles. The van der Waals surface area contributed by atoms with Gasteiger partial charge in [0, 0.05) is 12.2 Å². The molecule has 0 bridgehead atoms. The lowest BCUT2D eigenvalue weighted by Crippen LogP contribution is -2.27. The first kappa shape index (κ1) is 17.8. The van der Waals surface area contributed by atoms with Gasteiger partial charge < -0.3 is 14.8 Å². The maximum Gasteiger partial charge on any atom is 0.412 e. The molecular weight excluding hydrogens is 284 g/mol. The number of anilines is 1. The minimum Gasteiger partial charge on any atom is -0.453 e. The monoisotopic (exact) mass is 308 g/mol. The van der Waals surface area contributed by atoms with Crippen molar-refractivity contribution in [3.05, 3.63) is 29.8 Å². The average Bonchev–Trinajstić information content (AvgIpc) is 2.43. The summed E-state index contributed by atoms with van der Waals surface area (Å²) >= 11 is 0. The van der Waals surface area contributed by atoms with Crippen LogP contribution in [-0.2, 0) is 15.9 Å². The summed E-state index contributed by atoms with van der Waals surface area (Å²) in [6, 6.07) is 7.52. The predicted octanol–water partition coefficient (Wildman–Crippen LogP) is 3.32. The number of ether oxygens (including phenoxy) is 2. The van der Waals surface area contributed by atoms with Crippen molar-refractivity contribution in [1.82, 2.24) is 5.32 Å². The van der Waals surface area contributed by atoms with Crippen LogP contribution in [0.4, 0.5) is 15.3 Å². The molecule has 1 aromatic carbocycles. The summed E-state index contributed by atoms with van der Waals surface area (Å²) in [5.41, 5.74) is 1.29. The Bertz CT molecular complexity index is 492. The fourth-order valence-electron chi connectivity index (χ4n) is 1.73. The number of alkyl carbamates (subject to hydrolysis) is 1. The summed E-state index contributed by atoms with van der Waals surface area (Å²) in [5, 5.41) is 5.31. The van der Waals surface area contributed by atoms with Gasteiger partial charge in [-0.15, -0.1) is 0 Å². The Balaban J connectivity index is 2.37. The molecule has 0 spiro atoms. The van der Waals surface area contributed by atoms with Gasteiger partial charge in [-0.3, -0.25) is 5.32 Å². The quantitative estimate of drug-likeness (QED) is 0.818. The molecule has 0 saturated heterocycles. The van der Waals surface area contributed by atoms with E-state index in [1.807, 2.05) is 45.0 Å². The molecule has 122 valence electrons. The SMILES string of the molecule is COC(=O)NCCCc1ccc(NC(=O)OC(C)(C)C)cc1. The molecule has 1 rings (SSSR count). The molecule has 0 atom stereocenters. The predicted molar refractivity (Wildman–Crippen MR) is 85.0 cm³/mol. The fraction of sp³-hybridized carbons (Fsp3) is 0.500. The number of carbonyl (C=O) groups is 2. The number of methoxy groups -OCH3 is 1. The van der Waals surface area contributed by atoms with Crippen molar-refractivity contribution in [3.8, 4) is 0 Å². The molecule has 0 saturated carbocycles. The number of benzene rings is 1. The molecule has 6 nitrogen and oxygen atoms in total. The van der Waals surface area contributed by atoms with Crippen LogP contribution in [0, 0.1) is 0 Å². The van der Waals surface area contributed by atoms with Gasteiger partial charge in [-0.25, -0.2) is 9.59 Å². The van der Waals surface area contributed by atoms with Crippen LogP contribution in [0.5, 0.6) is 0 Å². The fourth-order valence-corrected chi connectivity index (χ4v) is 1.73. The first-order chi connectivity index (χ1) is 10.3. The van der Waals surface area contributed by atoms with Crippen molar-refractivity contribution in [2.24, 2.45) is 0 Å². The Morgan fingerprint density at radius 2 is 1.73 bits per heavy atom. The van der Waals surface area contributed by atoms with Crippen LogP contribution in [0.1, 0.15) is 32.8 Å². The van der Waals surface area contributed by atoms with Crippen LogP contribution in [-0.4, -0.2) is 31.4 Å². The highest BCUT2D eigenvalue weighted by Gasteiger charge is 2.15. The van der Waals surface area contributed by atoms with Crippen LogP contribution >= 0.6 is 0 Å². The van der Waals surface area contributed by atoms with Crippen molar-refractivity contribution < 1.29 is 19.1 Å². The van der Waals surface area contributed by atoms with Gasteiger partial charge in [0.2, 0.25) is 0 Å². The molecule has 2 amide bonds. The first-order valence-corrected chi connectivity index (χ1v) is 7.21. The summed E-state index contributed by atoms with van der Waals surface area (Å²) < 4.78 is 9.67. The van der Waals surface area contributed by atoms with Gasteiger partial charge in [-0.05, 0) is 51.3 Å². The summed E-state index contributed by atoms with van der Waals surface area (Å²) in [7, 11) is 1.34. The van der Waals surface area contributed by atoms with Crippen LogP contribution in [0.3, 0.4) is 0 Å². The molecule has 0 fully saturated rings. The first-order valence-electron chi connectivity index (χ1n) is 7.21. The lowest BCUT2D eigenvalue weighted by Gasteiger charge is -2.19. The smallest absolute Gasteiger partial charge is 0.412 e. The maximum absolute atomic E-state index is 11.6. The average molecular weight is 308 g/mol. The molecular formula is C16H24N2O4. The summed E-state index contributed by atoms with van der Waals surface area (Å²) in [4.78, 5) is 22.5. The standard InChI is InChI=1S/C16H24N2O4/c1-16(2,3)22-15(20)18-13-9-7-12(8-10-13)6-5-11-17-14(19)21-4/h7-10H,5-6,11H2,1-4H3,(H,17,19)(H,18,20). The largest absolute Gasteiger partial charge is 0.453 e. The van der Waals surface area contributed by atoms with Crippen LogP contribution in [0.15, 0.2) is 24.3 Å². The second kappa shape index (κ2) is 8.26. The van der Waals surface area contributed by atoms with E-state index in [-0.39, 0.29) is 0 Å². The Labute approximate surface area is 131 Å². The van der Waals surface area contributed by atoms with E-state index in [1.54, 1.807) is 0 Å². The lowest BCUT2D eigenvalue weighted by atomic mass is 10.1. The summed E-state index contributed by atoms with van der Waals surface area (Å²) in [6.45, 7) is 6.01. The number of rotatable bonds is 5. The second-order valence-corrected chi connectivity index (χ2v) is 5.85. The van der Waals surface area contributed by atoms with Crippen LogP contribution in [0.25, 0.3) is 0 Å². The van der Waals surface area contributed by atoms with E-state index in [1.165, 1.54) is 7.11 Å². The highest BCUT2D eigenvalue weighted by molar-refractivity contribution is 5.84. The zero-order valence-electron chi connectivity index (χ0n) is 13.6. The van der Waals surface area contributed by atoms with Gasteiger partial charge >= 0.3 is 12.2 Å². The van der Waals surface area contributed by atoms with E-state index in [9.17, 15) is 9.59 Å². The number of hydrogen-bond donors (Lipinski definition) is 2. The minimum atomic E-state index is -0.517. The van der Waals surface area contributed by atoms with Gasteiger partial charge in [-0.2, -0.15) is 0 Å². The Kier molecular flexibility index (Phi) is 6.69. The number of amides is 2. The zero-order chi connectivity index (χ0) is 16.6. The third-order valence-electron chi connectivity index (χ3n) is 2.70. The molecule has 22 heavy (non-hydrogen) atoms. The van der Waals surface area contributed by atoms with E-state index >= 15 is 0 Å². The number of aryl methyl sites for hydroxylation is 1. The van der Waals surface area contributed by atoms with Gasteiger partial charge in [0.15, 0.2) is 0 Å². The Hall–Kier alpha value is -2.24. The lowest BCUT2D eigenvalue weighted by molar-refractivity contribution is 0.0636.